The smallest absolute Gasteiger partial charge is 0.230 e. The van der Waals surface area contributed by atoms with Gasteiger partial charge in [-0.05, 0) is 47.7 Å². The minimum atomic E-state index is -0.0372. The van der Waals surface area contributed by atoms with Gasteiger partial charge in [-0.1, -0.05) is 61.4 Å². The van der Waals surface area contributed by atoms with E-state index < -0.39 is 0 Å². The van der Waals surface area contributed by atoms with E-state index in [1.54, 1.807) is 12.4 Å². The monoisotopic (exact) mass is 427 g/mol. The van der Waals surface area contributed by atoms with Gasteiger partial charge in [0, 0.05) is 30.5 Å². The first-order chi connectivity index (χ1) is 15.7. The van der Waals surface area contributed by atoms with Gasteiger partial charge in [0.1, 0.15) is 0 Å². The molecule has 1 aliphatic carbocycles. The lowest BCUT2D eigenvalue weighted by molar-refractivity contribution is -0.122. The predicted octanol–water partition coefficient (Wildman–Crippen LogP) is 4.66. The number of anilines is 1. The summed E-state index contributed by atoms with van der Waals surface area (Å²) in [7, 11) is 0. The highest BCUT2D eigenvalue weighted by Gasteiger charge is 2.28. The number of pyridine rings is 1. The molecule has 2 amide bonds. The molecule has 1 fully saturated rings. The van der Waals surface area contributed by atoms with E-state index in [2.05, 4.69) is 22.4 Å². The van der Waals surface area contributed by atoms with Crippen LogP contribution in [-0.4, -0.2) is 16.8 Å². The van der Waals surface area contributed by atoms with Crippen LogP contribution in [0.3, 0.4) is 0 Å². The molecule has 3 aromatic rings. The molecule has 1 saturated carbocycles. The number of hydrogen-bond acceptors (Lipinski definition) is 3. The third-order valence-corrected chi connectivity index (χ3v) is 5.98. The molecule has 0 aliphatic heterocycles. The molecule has 4 rings (SSSR count). The summed E-state index contributed by atoms with van der Waals surface area (Å²) < 4.78 is 0. The Hall–Kier alpha value is -3.47. The second-order valence-corrected chi connectivity index (χ2v) is 8.37. The van der Waals surface area contributed by atoms with Crippen molar-refractivity contribution in [2.75, 3.05) is 4.90 Å². The van der Waals surface area contributed by atoms with Crippen molar-refractivity contribution in [3.8, 4) is 0 Å². The highest BCUT2D eigenvalue weighted by molar-refractivity contribution is 5.95. The average molecular weight is 428 g/mol. The zero-order chi connectivity index (χ0) is 22.2. The SMILES string of the molecule is O=C(Cc1ccc(N(Cc2ccccc2)C(=O)C2CCCC2)cc1)NCc1cccnc1. The molecule has 1 heterocycles. The first-order valence-corrected chi connectivity index (χ1v) is 11.3. The molecule has 0 bridgehead atoms. The lowest BCUT2D eigenvalue weighted by atomic mass is 10.0. The molecular weight excluding hydrogens is 398 g/mol. The molecule has 5 nitrogen and oxygen atoms in total. The van der Waals surface area contributed by atoms with E-state index >= 15 is 0 Å². The molecule has 0 saturated heterocycles. The van der Waals surface area contributed by atoms with E-state index in [0.717, 1.165) is 48.1 Å². The van der Waals surface area contributed by atoms with Gasteiger partial charge in [0.2, 0.25) is 11.8 Å². The summed E-state index contributed by atoms with van der Waals surface area (Å²) in [6.07, 6.45) is 7.96. The van der Waals surface area contributed by atoms with Crippen molar-refractivity contribution in [2.24, 2.45) is 5.92 Å². The van der Waals surface area contributed by atoms with Crippen molar-refractivity contribution in [1.29, 1.82) is 0 Å². The average Bonchev–Trinajstić information content (AvgIpc) is 3.38. The van der Waals surface area contributed by atoms with Crippen LogP contribution in [0.15, 0.2) is 79.1 Å². The Kier molecular flexibility index (Phi) is 7.28. The van der Waals surface area contributed by atoms with Crippen LogP contribution in [0.5, 0.6) is 0 Å². The zero-order valence-corrected chi connectivity index (χ0v) is 18.2. The van der Waals surface area contributed by atoms with Crippen LogP contribution in [0.2, 0.25) is 0 Å². The maximum Gasteiger partial charge on any atom is 0.230 e. The second kappa shape index (κ2) is 10.7. The molecule has 1 aromatic heterocycles. The van der Waals surface area contributed by atoms with E-state index in [4.69, 9.17) is 0 Å². The maximum atomic E-state index is 13.3. The van der Waals surface area contributed by atoms with Crippen LogP contribution in [-0.2, 0) is 29.1 Å². The first kappa shape index (κ1) is 21.8. The Morgan fingerprint density at radius 1 is 0.875 bits per heavy atom. The quantitative estimate of drug-likeness (QED) is 0.569. The minimum Gasteiger partial charge on any atom is -0.352 e. The second-order valence-electron chi connectivity index (χ2n) is 8.37. The molecule has 5 heteroatoms. The van der Waals surface area contributed by atoms with Gasteiger partial charge in [0.25, 0.3) is 0 Å². The number of carbonyl (C=O) groups is 2. The van der Waals surface area contributed by atoms with E-state index in [0.29, 0.717) is 19.5 Å². The molecule has 0 unspecified atom stereocenters. The third-order valence-electron chi connectivity index (χ3n) is 5.98. The zero-order valence-electron chi connectivity index (χ0n) is 18.2. The molecule has 1 N–H and O–H groups in total. The molecule has 0 spiro atoms. The Bertz CT molecular complexity index is 1010. The Labute approximate surface area is 189 Å². The number of rotatable bonds is 8. The standard InChI is InChI=1S/C27H29N3O2/c31-26(29-19-23-9-6-16-28-18-23)17-21-12-14-25(15-13-21)30(20-22-7-2-1-3-8-22)27(32)24-10-4-5-11-24/h1-3,6-9,12-16,18,24H,4-5,10-11,17,19-20H2,(H,29,31). The number of amides is 2. The van der Waals surface area contributed by atoms with E-state index in [-0.39, 0.29) is 17.7 Å². The van der Waals surface area contributed by atoms with Crippen molar-refractivity contribution >= 4 is 17.5 Å². The largest absolute Gasteiger partial charge is 0.352 e. The van der Waals surface area contributed by atoms with Crippen LogP contribution in [0.25, 0.3) is 0 Å². The summed E-state index contributed by atoms with van der Waals surface area (Å²) in [5.74, 6) is 0.273. The van der Waals surface area contributed by atoms with Crippen molar-refractivity contribution in [1.82, 2.24) is 10.3 Å². The Morgan fingerprint density at radius 3 is 2.28 bits per heavy atom. The van der Waals surface area contributed by atoms with Gasteiger partial charge < -0.3 is 10.2 Å². The highest BCUT2D eigenvalue weighted by Crippen LogP contribution is 2.29. The van der Waals surface area contributed by atoms with Crippen LogP contribution in [0.4, 0.5) is 5.69 Å². The molecule has 2 aromatic carbocycles. The number of aromatic nitrogens is 1. The molecule has 0 atom stereocenters. The van der Waals surface area contributed by atoms with E-state index in [1.807, 2.05) is 59.5 Å². The fraction of sp³-hybridized carbons (Fsp3) is 0.296. The summed E-state index contributed by atoms with van der Waals surface area (Å²) in [4.78, 5) is 31.6. The summed E-state index contributed by atoms with van der Waals surface area (Å²) in [5.41, 5.74) is 3.88. The lowest BCUT2D eigenvalue weighted by Crippen LogP contribution is -2.35. The first-order valence-electron chi connectivity index (χ1n) is 11.3. The number of benzene rings is 2. The Morgan fingerprint density at radius 2 is 1.59 bits per heavy atom. The predicted molar refractivity (Wildman–Crippen MR) is 126 cm³/mol. The van der Waals surface area contributed by atoms with Crippen molar-refractivity contribution in [3.05, 3.63) is 95.8 Å². The molecule has 164 valence electrons. The van der Waals surface area contributed by atoms with Gasteiger partial charge in [0.15, 0.2) is 0 Å². The fourth-order valence-corrected chi connectivity index (χ4v) is 4.20. The normalized spacial score (nSPS) is 13.6. The molecule has 32 heavy (non-hydrogen) atoms. The number of nitrogens with one attached hydrogen (secondary N) is 1. The van der Waals surface area contributed by atoms with Gasteiger partial charge in [-0.15, -0.1) is 0 Å². The number of carbonyl (C=O) groups excluding carboxylic acids is 2. The van der Waals surface area contributed by atoms with Gasteiger partial charge in [-0.25, -0.2) is 0 Å². The topological polar surface area (TPSA) is 62.3 Å². The third kappa shape index (κ3) is 5.82. The number of hydrogen-bond donors (Lipinski definition) is 1. The van der Waals surface area contributed by atoms with Gasteiger partial charge in [-0.2, -0.15) is 0 Å². The van der Waals surface area contributed by atoms with Gasteiger partial charge >= 0.3 is 0 Å². The minimum absolute atomic E-state index is 0.0372. The van der Waals surface area contributed by atoms with Crippen LogP contribution < -0.4 is 10.2 Å². The Balaban J connectivity index is 1.42. The maximum absolute atomic E-state index is 13.3. The molecular formula is C27H29N3O2. The number of nitrogens with zero attached hydrogens (tertiary/aromatic N) is 2. The summed E-state index contributed by atoms with van der Waals surface area (Å²) in [5, 5.41) is 2.93. The van der Waals surface area contributed by atoms with Gasteiger partial charge in [-0.3, -0.25) is 14.6 Å². The van der Waals surface area contributed by atoms with Crippen LogP contribution in [0, 0.1) is 5.92 Å². The van der Waals surface area contributed by atoms with E-state index in [9.17, 15) is 9.59 Å². The van der Waals surface area contributed by atoms with E-state index in [1.165, 1.54) is 0 Å². The van der Waals surface area contributed by atoms with Crippen molar-refractivity contribution < 1.29 is 9.59 Å². The summed E-state index contributed by atoms with van der Waals surface area (Å²) >= 11 is 0. The highest BCUT2D eigenvalue weighted by atomic mass is 16.2. The van der Waals surface area contributed by atoms with Crippen LogP contribution >= 0.6 is 0 Å². The molecule has 0 radical (unpaired) electrons. The fourth-order valence-electron chi connectivity index (χ4n) is 4.20. The lowest BCUT2D eigenvalue weighted by Gasteiger charge is -2.26. The summed E-state index contributed by atoms with van der Waals surface area (Å²) in [6.45, 7) is 1.02. The van der Waals surface area contributed by atoms with Crippen molar-refractivity contribution in [3.63, 3.8) is 0 Å². The van der Waals surface area contributed by atoms with Crippen molar-refractivity contribution in [2.45, 2.75) is 45.2 Å². The summed E-state index contributed by atoms with van der Waals surface area (Å²) in [6, 6.07) is 21.7. The van der Waals surface area contributed by atoms with Gasteiger partial charge in [0.05, 0.1) is 13.0 Å². The molecule has 1 aliphatic rings. The van der Waals surface area contributed by atoms with Crippen LogP contribution in [0.1, 0.15) is 42.4 Å².